The standard InChI is InChI=1S/C15H14O2/c16-14-10-11-6-4-5-9-13(11)15(14)17-12-7-2-1-3-8-12/h1-9,14-16H,10H2/t14-,15+/m0/s1. The highest BCUT2D eigenvalue weighted by atomic mass is 16.5. The molecule has 0 unspecified atom stereocenters. The number of para-hydroxylation sites is 1. The number of fused-ring (bicyclic) bond motifs is 1. The molecule has 0 aliphatic heterocycles. The first-order chi connectivity index (χ1) is 8.34. The van der Waals surface area contributed by atoms with Gasteiger partial charge >= 0.3 is 0 Å². The summed E-state index contributed by atoms with van der Waals surface area (Å²) >= 11 is 0. The summed E-state index contributed by atoms with van der Waals surface area (Å²) in [5.74, 6) is 0.799. The van der Waals surface area contributed by atoms with Crippen LogP contribution in [0.4, 0.5) is 0 Å². The summed E-state index contributed by atoms with van der Waals surface area (Å²) in [6.45, 7) is 0. The Morgan fingerprint density at radius 2 is 1.65 bits per heavy atom. The lowest BCUT2D eigenvalue weighted by molar-refractivity contribution is 0.0495. The predicted octanol–water partition coefficient (Wildman–Crippen LogP) is 2.72. The van der Waals surface area contributed by atoms with E-state index in [1.807, 2.05) is 54.6 Å². The first-order valence-electron chi connectivity index (χ1n) is 5.82. The van der Waals surface area contributed by atoms with Crippen molar-refractivity contribution in [1.29, 1.82) is 0 Å². The van der Waals surface area contributed by atoms with Gasteiger partial charge in [-0.1, -0.05) is 42.5 Å². The van der Waals surface area contributed by atoms with Crippen LogP contribution >= 0.6 is 0 Å². The summed E-state index contributed by atoms with van der Waals surface area (Å²) in [5.41, 5.74) is 2.28. The van der Waals surface area contributed by atoms with Gasteiger partial charge in [0.25, 0.3) is 0 Å². The molecule has 17 heavy (non-hydrogen) atoms. The highest BCUT2D eigenvalue weighted by Crippen LogP contribution is 2.34. The van der Waals surface area contributed by atoms with Crippen molar-refractivity contribution in [2.24, 2.45) is 0 Å². The molecule has 0 radical (unpaired) electrons. The molecule has 1 aliphatic rings. The van der Waals surface area contributed by atoms with Gasteiger partial charge in [-0.25, -0.2) is 0 Å². The van der Waals surface area contributed by atoms with E-state index >= 15 is 0 Å². The minimum Gasteiger partial charge on any atom is -0.483 e. The molecule has 0 spiro atoms. The van der Waals surface area contributed by atoms with Crippen molar-refractivity contribution >= 4 is 0 Å². The third kappa shape index (κ3) is 1.92. The molecule has 0 heterocycles. The molecule has 2 aromatic carbocycles. The smallest absolute Gasteiger partial charge is 0.150 e. The van der Waals surface area contributed by atoms with Crippen LogP contribution in [0, 0.1) is 0 Å². The number of hydrogen-bond donors (Lipinski definition) is 1. The van der Waals surface area contributed by atoms with E-state index in [-0.39, 0.29) is 6.10 Å². The third-order valence-electron chi connectivity index (χ3n) is 3.15. The summed E-state index contributed by atoms with van der Waals surface area (Å²) in [6, 6.07) is 17.7. The zero-order valence-electron chi connectivity index (χ0n) is 9.41. The molecular weight excluding hydrogens is 212 g/mol. The van der Waals surface area contributed by atoms with E-state index in [1.54, 1.807) is 0 Å². The number of benzene rings is 2. The lowest BCUT2D eigenvalue weighted by atomic mass is 10.1. The number of aliphatic hydroxyl groups excluding tert-OH is 1. The number of ether oxygens (including phenoxy) is 1. The molecule has 0 saturated carbocycles. The van der Waals surface area contributed by atoms with E-state index in [1.165, 1.54) is 5.56 Å². The second-order valence-corrected chi connectivity index (χ2v) is 4.32. The molecule has 2 aromatic rings. The number of rotatable bonds is 2. The first-order valence-corrected chi connectivity index (χ1v) is 5.82. The van der Waals surface area contributed by atoms with Gasteiger partial charge in [0.05, 0.1) is 6.10 Å². The molecule has 0 saturated heterocycles. The van der Waals surface area contributed by atoms with Crippen LogP contribution in [0.2, 0.25) is 0 Å². The van der Waals surface area contributed by atoms with Crippen LogP contribution < -0.4 is 4.74 Å². The molecule has 0 amide bonds. The molecule has 86 valence electrons. The van der Waals surface area contributed by atoms with Gasteiger partial charge in [-0.15, -0.1) is 0 Å². The Kier molecular flexibility index (Phi) is 2.57. The monoisotopic (exact) mass is 226 g/mol. The largest absolute Gasteiger partial charge is 0.483 e. The zero-order chi connectivity index (χ0) is 11.7. The Hall–Kier alpha value is -1.80. The van der Waals surface area contributed by atoms with Gasteiger partial charge in [0.15, 0.2) is 6.10 Å². The minimum atomic E-state index is -0.451. The molecule has 1 N–H and O–H groups in total. The van der Waals surface area contributed by atoms with Crippen LogP contribution in [0.15, 0.2) is 54.6 Å². The average Bonchev–Trinajstić information content (AvgIpc) is 2.68. The van der Waals surface area contributed by atoms with Gasteiger partial charge in [-0.2, -0.15) is 0 Å². The Labute approximate surface area is 100 Å². The maximum atomic E-state index is 10.0. The minimum absolute atomic E-state index is 0.242. The predicted molar refractivity (Wildman–Crippen MR) is 66.0 cm³/mol. The second kappa shape index (κ2) is 4.22. The zero-order valence-corrected chi connectivity index (χ0v) is 9.41. The van der Waals surface area contributed by atoms with E-state index in [9.17, 15) is 5.11 Å². The Bertz CT molecular complexity index is 507. The fourth-order valence-corrected chi connectivity index (χ4v) is 2.32. The maximum Gasteiger partial charge on any atom is 0.150 e. The summed E-state index contributed by atoms with van der Waals surface area (Å²) in [7, 11) is 0. The highest BCUT2D eigenvalue weighted by Gasteiger charge is 2.32. The molecule has 0 fully saturated rings. The van der Waals surface area contributed by atoms with Gasteiger partial charge in [0, 0.05) is 6.42 Å². The molecule has 0 bridgehead atoms. The van der Waals surface area contributed by atoms with Crippen molar-refractivity contribution in [1.82, 2.24) is 0 Å². The van der Waals surface area contributed by atoms with E-state index < -0.39 is 6.10 Å². The lowest BCUT2D eigenvalue weighted by Crippen LogP contribution is -2.18. The summed E-state index contributed by atoms with van der Waals surface area (Å²) in [6.07, 6.45) is -0.0190. The Balaban J connectivity index is 1.89. The SMILES string of the molecule is O[C@H]1Cc2ccccc2[C@H]1Oc1ccccc1. The Morgan fingerprint density at radius 3 is 2.47 bits per heavy atom. The van der Waals surface area contributed by atoms with Gasteiger partial charge < -0.3 is 9.84 Å². The summed E-state index contributed by atoms with van der Waals surface area (Å²) in [5, 5.41) is 10.0. The molecule has 3 rings (SSSR count). The first kappa shape index (κ1) is 10.4. The van der Waals surface area contributed by atoms with E-state index in [2.05, 4.69) is 0 Å². The van der Waals surface area contributed by atoms with Crippen LogP contribution in [-0.4, -0.2) is 11.2 Å². The van der Waals surface area contributed by atoms with E-state index in [0.29, 0.717) is 6.42 Å². The van der Waals surface area contributed by atoms with Gasteiger partial charge in [0.2, 0.25) is 0 Å². The molecule has 1 aliphatic carbocycles. The fourth-order valence-electron chi connectivity index (χ4n) is 2.32. The van der Waals surface area contributed by atoms with Crippen LogP contribution in [-0.2, 0) is 6.42 Å². The normalized spacial score (nSPS) is 22.2. The third-order valence-corrected chi connectivity index (χ3v) is 3.15. The molecule has 2 atom stereocenters. The quantitative estimate of drug-likeness (QED) is 0.853. The van der Waals surface area contributed by atoms with Gasteiger partial charge in [-0.05, 0) is 23.3 Å². The maximum absolute atomic E-state index is 10.0. The van der Waals surface area contributed by atoms with Crippen molar-refractivity contribution in [3.05, 3.63) is 65.7 Å². The van der Waals surface area contributed by atoms with Crippen molar-refractivity contribution in [3.8, 4) is 5.75 Å². The van der Waals surface area contributed by atoms with Crippen LogP contribution in [0.25, 0.3) is 0 Å². The van der Waals surface area contributed by atoms with E-state index in [4.69, 9.17) is 4.74 Å². The number of aliphatic hydroxyl groups is 1. The Morgan fingerprint density at radius 1 is 0.941 bits per heavy atom. The van der Waals surface area contributed by atoms with Crippen molar-refractivity contribution in [3.63, 3.8) is 0 Å². The second-order valence-electron chi connectivity index (χ2n) is 4.32. The molecule has 2 heteroatoms. The number of hydrogen-bond acceptors (Lipinski definition) is 2. The van der Waals surface area contributed by atoms with Gasteiger partial charge in [0.1, 0.15) is 5.75 Å². The lowest BCUT2D eigenvalue weighted by Gasteiger charge is -2.18. The summed E-state index contributed by atoms with van der Waals surface area (Å²) in [4.78, 5) is 0. The molecule has 2 nitrogen and oxygen atoms in total. The van der Waals surface area contributed by atoms with Crippen molar-refractivity contribution in [2.75, 3.05) is 0 Å². The molecular formula is C15H14O2. The van der Waals surface area contributed by atoms with Crippen molar-refractivity contribution < 1.29 is 9.84 Å². The van der Waals surface area contributed by atoms with Crippen LogP contribution in [0.1, 0.15) is 17.2 Å². The fraction of sp³-hybridized carbons (Fsp3) is 0.200. The van der Waals surface area contributed by atoms with Crippen LogP contribution in [0.5, 0.6) is 5.75 Å². The highest BCUT2D eigenvalue weighted by molar-refractivity contribution is 5.36. The topological polar surface area (TPSA) is 29.5 Å². The summed E-state index contributed by atoms with van der Waals surface area (Å²) < 4.78 is 5.86. The average molecular weight is 226 g/mol. The molecule has 0 aromatic heterocycles. The van der Waals surface area contributed by atoms with Crippen molar-refractivity contribution in [2.45, 2.75) is 18.6 Å². The van der Waals surface area contributed by atoms with Crippen LogP contribution in [0.3, 0.4) is 0 Å². The van der Waals surface area contributed by atoms with Gasteiger partial charge in [-0.3, -0.25) is 0 Å². The van der Waals surface area contributed by atoms with E-state index in [0.717, 1.165) is 11.3 Å².